The highest BCUT2D eigenvalue weighted by molar-refractivity contribution is 5.43. The molecule has 0 saturated heterocycles. The standard InChI is InChI=1S/C16H20N2/c1-12-7-6-8-13(2)16(12)10-5-4-9-15-11-17-14(3)18-15/h4,6-9,11H,5,10H2,1-3H3,(H,17,18). The molecular weight excluding hydrogens is 220 g/mol. The molecule has 1 aromatic heterocycles. The first kappa shape index (κ1) is 12.6. The van der Waals surface area contributed by atoms with Crippen LogP contribution in [0.5, 0.6) is 0 Å². The summed E-state index contributed by atoms with van der Waals surface area (Å²) in [6.07, 6.45) is 8.36. The Bertz CT molecular complexity index is 530. The zero-order chi connectivity index (χ0) is 13.0. The van der Waals surface area contributed by atoms with Crippen LogP contribution in [-0.2, 0) is 6.42 Å². The quantitative estimate of drug-likeness (QED) is 0.860. The molecule has 1 aromatic carbocycles. The number of imidazole rings is 1. The molecular formula is C16H20N2. The van der Waals surface area contributed by atoms with Gasteiger partial charge in [0.25, 0.3) is 0 Å². The molecule has 0 aliphatic rings. The topological polar surface area (TPSA) is 28.7 Å². The number of hydrogen-bond acceptors (Lipinski definition) is 1. The highest BCUT2D eigenvalue weighted by Crippen LogP contribution is 2.15. The minimum absolute atomic E-state index is 0.962. The lowest BCUT2D eigenvalue weighted by molar-refractivity contribution is 0.975. The van der Waals surface area contributed by atoms with Crippen LogP contribution in [0.15, 0.2) is 30.5 Å². The van der Waals surface area contributed by atoms with Gasteiger partial charge in [0.15, 0.2) is 0 Å². The number of benzene rings is 1. The Balaban J connectivity index is 1.94. The number of aryl methyl sites for hydroxylation is 3. The van der Waals surface area contributed by atoms with E-state index in [1.54, 1.807) is 0 Å². The molecule has 2 rings (SSSR count). The first-order chi connectivity index (χ1) is 8.66. The van der Waals surface area contributed by atoms with E-state index in [9.17, 15) is 0 Å². The molecule has 94 valence electrons. The monoisotopic (exact) mass is 240 g/mol. The van der Waals surface area contributed by atoms with E-state index < -0.39 is 0 Å². The second kappa shape index (κ2) is 5.67. The van der Waals surface area contributed by atoms with E-state index in [0.717, 1.165) is 24.4 Å². The normalized spacial score (nSPS) is 11.3. The van der Waals surface area contributed by atoms with Gasteiger partial charge in [-0.1, -0.05) is 24.3 Å². The van der Waals surface area contributed by atoms with E-state index in [1.807, 2.05) is 13.1 Å². The molecule has 0 amide bonds. The molecule has 2 nitrogen and oxygen atoms in total. The molecule has 0 saturated carbocycles. The van der Waals surface area contributed by atoms with Crippen LogP contribution in [-0.4, -0.2) is 9.97 Å². The van der Waals surface area contributed by atoms with Crippen LogP contribution in [0, 0.1) is 20.8 Å². The third-order valence-corrected chi connectivity index (χ3v) is 3.22. The van der Waals surface area contributed by atoms with Gasteiger partial charge in [-0.2, -0.15) is 0 Å². The van der Waals surface area contributed by atoms with Gasteiger partial charge in [-0.05, 0) is 56.4 Å². The highest BCUT2D eigenvalue weighted by atomic mass is 14.9. The van der Waals surface area contributed by atoms with Gasteiger partial charge >= 0.3 is 0 Å². The largest absolute Gasteiger partial charge is 0.348 e. The van der Waals surface area contributed by atoms with Crippen LogP contribution in [0.3, 0.4) is 0 Å². The number of aromatic nitrogens is 2. The van der Waals surface area contributed by atoms with Crippen molar-refractivity contribution in [3.05, 3.63) is 58.7 Å². The second-order valence-electron chi connectivity index (χ2n) is 4.72. The lowest BCUT2D eigenvalue weighted by Crippen LogP contribution is -1.92. The average molecular weight is 240 g/mol. The van der Waals surface area contributed by atoms with Gasteiger partial charge in [-0.25, -0.2) is 4.98 Å². The average Bonchev–Trinajstić information content (AvgIpc) is 2.73. The number of rotatable bonds is 4. The maximum Gasteiger partial charge on any atom is 0.103 e. The predicted molar refractivity (Wildman–Crippen MR) is 76.6 cm³/mol. The van der Waals surface area contributed by atoms with Crippen molar-refractivity contribution in [2.45, 2.75) is 33.6 Å². The van der Waals surface area contributed by atoms with Crippen LogP contribution in [0.1, 0.15) is 34.6 Å². The van der Waals surface area contributed by atoms with Gasteiger partial charge in [-0.3, -0.25) is 0 Å². The maximum atomic E-state index is 4.35. The number of hydrogen-bond donors (Lipinski definition) is 1. The Kier molecular flexibility index (Phi) is 3.98. The van der Waals surface area contributed by atoms with Gasteiger partial charge in [0.1, 0.15) is 5.82 Å². The smallest absolute Gasteiger partial charge is 0.103 e. The minimum Gasteiger partial charge on any atom is -0.348 e. The lowest BCUT2D eigenvalue weighted by Gasteiger charge is -2.07. The third kappa shape index (κ3) is 3.10. The van der Waals surface area contributed by atoms with Crippen LogP contribution in [0.25, 0.3) is 6.08 Å². The van der Waals surface area contributed by atoms with E-state index >= 15 is 0 Å². The molecule has 0 aliphatic heterocycles. The fraction of sp³-hybridized carbons (Fsp3) is 0.312. The Morgan fingerprint density at radius 2 is 1.89 bits per heavy atom. The maximum absolute atomic E-state index is 4.35. The van der Waals surface area contributed by atoms with Gasteiger partial charge in [0, 0.05) is 6.20 Å². The molecule has 0 radical (unpaired) electrons. The third-order valence-electron chi connectivity index (χ3n) is 3.22. The molecule has 0 atom stereocenters. The molecule has 0 unspecified atom stereocenters. The molecule has 18 heavy (non-hydrogen) atoms. The van der Waals surface area contributed by atoms with Crippen molar-refractivity contribution in [3.63, 3.8) is 0 Å². The van der Waals surface area contributed by atoms with Crippen molar-refractivity contribution >= 4 is 6.08 Å². The summed E-state index contributed by atoms with van der Waals surface area (Å²) in [7, 11) is 0. The molecule has 0 spiro atoms. The van der Waals surface area contributed by atoms with E-state index in [4.69, 9.17) is 0 Å². The number of nitrogens with one attached hydrogen (secondary N) is 1. The van der Waals surface area contributed by atoms with Crippen molar-refractivity contribution in [2.75, 3.05) is 0 Å². The van der Waals surface area contributed by atoms with E-state index in [1.165, 1.54) is 16.7 Å². The summed E-state index contributed by atoms with van der Waals surface area (Å²) in [5.74, 6) is 0.962. The first-order valence-corrected chi connectivity index (χ1v) is 6.40. The van der Waals surface area contributed by atoms with E-state index in [-0.39, 0.29) is 0 Å². The van der Waals surface area contributed by atoms with Crippen molar-refractivity contribution in [1.29, 1.82) is 0 Å². The van der Waals surface area contributed by atoms with Crippen LogP contribution < -0.4 is 0 Å². The van der Waals surface area contributed by atoms with Crippen molar-refractivity contribution in [1.82, 2.24) is 9.97 Å². The molecule has 1 N–H and O–H groups in total. The number of allylic oxidation sites excluding steroid dienone is 1. The zero-order valence-electron chi connectivity index (χ0n) is 11.3. The SMILES string of the molecule is Cc1nc(C=CCCc2c(C)cccc2C)c[nH]1. The fourth-order valence-electron chi connectivity index (χ4n) is 2.20. The molecule has 0 fully saturated rings. The summed E-state index contributed by atoms with van der Waals surface area (Å²) in [5, 5.41) is 0. The Morgan fingerprint density at radius 1 is 1.17 bits per heavy atom. The van der Waals surface area contributed by atoms with Gasteiger partial charge in [0.2, 0.25) is 0 Å². The highest BCUT2D eigenvalue weighted by Gasteiger charge is 2.00. The molecule has 2 aromatic rings. The van der Waals surface area contributed by atoms with E-state index in [0.29, 0.717) is 0 Å². The van der Waals surface area contributed by atoms with Crippen molar-refractivity contribution < 1.29 is 0 Å². The summed E-state index contributed by atoms with van der Waals surface area (Å²) < 4.78 is 0. The van der Waals surface area contributed by atoms with Crippen LogP contribution in [0.2, 0.25) is 0 Å². The summed E-state index contributed by atoms with van der Waals surface area (Å²) in [6.45, 7) is 6.33. The zero-order valence-corrected chi connectivity index (χ0v) is 11.3. The summed E-state index contributed by atoms with van der Waals surface area (Å²) in [4.78, 5) is 7.43. The van der Waals surface area contributed by atoms with Gasteiger partial charge in [-0.15, -0.1) is 0 Å². The van der Waals surface area contributed by atoms with E-state index in [2.05, 4.69) is 54.2 Å². The molecule has 0 bridgehead atoms. The van der Waals surface area contributed by atoms with Gasteiger partial charge in [0.05, 0.1) is 5.69 Å². The Labute approximate surface area is 109 Å². The predicted octanol–water partition coefficient (Wildman–Crippen LogP) is 3.98. The summed E-state index contributed by atoms with van der Waals surface area (Å²) >= 11 is 0. The number of nitrogens with zero attached hydrogens (tertiary/aromatic N) is 1. The minimum atomic E-state index is 0.962. The second-order valence-corrected chi connectivity index (χ2v) is 4.72. The summed E-state index contributed by atoms with van der Waals surface area (Å²) in [6, 6.07) is 6.49. The Morgan fingerprint density at radius 3 is 2.50 bits per heavy atom. The number of H-pyrrole nitrogens is 1. The van der Waals surface area contributed by atoms with Gasteiger partial charge < -0.3 is 4.98 Å². The van der Waals surface area contributed by atoms with Crippen molar-refractivity contribution in [3.8, 4) is 0 Å². The van der Waals surface area contributed by atoms with Crippen molar-refractivity contribution in [2.24, 2.45) is 0 Å². The fourth-order valence-corrected chi connectivity index (χ4v) is 2.20. The number of aromatic amines is 1. The van der Waals surface area contributed by atoms with Crippen LogP contribution in [0.4, 0.5) is 0 Å². The first-order valence-electron chi connectivity index (χ1n) is 6.40. The van der Waals surface area contributed by atoms with Crippen LogP contribution >= 0.6 is 0 Å². The molecule has 1 heterocycles. The Hall–Kier alpha value is -1.83. The molecule has 2 heteroatoms. The summed E-state index contributed by atoms with van der Waals surface area (Å²) in [5.41, 5.74) is 5.26. The lowest BCUT2D eigenvalue weighted by atomic mass is 9.98. The molecule has 0 aliphatic carbocycles.